The van der Waals surface area contributed by atoms with E-state index in [4.69, 9.17) is 28.3 Å². The van der Waals surface area contributed by atoms with Gasteiger partial charge in [-0.25, -0.2) is 9.59 Å². The number of halogens is 2. The first kappa shape index (κ1) is 62.3. The minimum atomic E-state index is -2.05. The molecule has 0 spiro atoms. The number of pyridine rings is 2. The summed E-state index contributed by atoms with van der Waals surface area (Å²) in [6.07, 6.45) is 1.79. The quantitative estimate of drug-likeness (QED) is 0.0713. The Hall–Kier alpha value is -2.59. The number of rotatable bonds is 14. The number of hydrogen-bond donors (Lipinski definition) is 2. The molecule has 2 aromatic carbocycles. The Kier molecular flexibility index (Phi) is 20.0. The summed E-state index contributed by atoms with van der Waals surface area (Å²) < 4.78 is 26.4. The fraction of sp³-hybridized carbons (Fsp3) is 0.600. The van der Waals surface area contributed by atoms with Crippen LogP contribution in [0.25, 0.3) is 0 Å². The summed E-state index contributed by atoms with van der Waals surface area (Å²) in [7, 11) is -4.10. The zero-order valence-corrected chi connectivity index (χ0v) is 54.6. The Labute approximate surface area is 474 Å². The van der Waals surface area contributed by atoms with Gasteiger partial charge in [-0.2, -0.15) is 0 Å². The lowest BCUT2D eigenvalue weighted by molar-refractivity contribution is 0.0516. The van der Waals surface area contributed by atoms with E-state index in [1.807, 2.05) is 24.3 Å². The molecule has 14 heteroatoms. The van der Waals surface area contributed by atoms with Crippen LogP contribution in [0.3, 0.4) is 0 Å². The minimum Gasteiger partial charge on any atom is -0.462 e. The number of aliphatic hydroxyl groups is 2. The van der Waals surface area contributed by atoms with Crippen LogP contribution in [-0.4, -0.2) is 62.0 Å². The molecule has 2 N–H and O–H groups in total. The van der Waals surface area contributed by atoms with E-state index in [0.717, 1.165) is 89.0 Å². The molecular formula is C60H88I2N2O8Si2. The van der Waals surface area contributed by atoms with Gasteiger partial charge in [-0.1, -0.05) is 121 Å². The van der Waals surface area contributed by atoms with Crippen LogP contribution in [0.15, 0.2) is 48.5 Å². The van der Waals surface area contributed by atoms with Gasteiger partial charge in [0.1, 0.15) is 12.2 Å². The second-order valence-corrected chi connectivity index (χ2v) is 37.5. The fourth-order valence-electron chi connectivity index (χ4n) is 9.51. The van der Waals surface area contributed by atoms with Gasteiger partial charge in [0.2, 0.25) is 0 Å². The molecule has 6 rings (SSSR count). The van der Waals surface area contributed by atoms with Gasteiger partial charge in [0.25, 0.3) is 0 Å². The van der Waals surface area contributed by atoms with Crippen LogP contribution in [0.4, 0.5) is 0 Å². The van der Waals surface area contributed by atoms with E-state index in [1.165, 1.54) is 0 Å². The average molecular weight is 1280 g/mol. The highest BCUT2D eigenvalue weighted by molar-refractivity contribution is 14.1. The number of nitrogens with zero attached hydrogens (tertiary/aromatic N) is 2. The maximum atomic E-state index is 12.1. The molecule has 10 nitrogen and oxygen atoms in total. The largest absolute Gasteiger partial charge is 0.462 e. The number of hydrogen-bond acceptors (Lipinski definition) is 10. The molecule has 408 valence electrons. The number of fused-ring (bicyclic) bond motifs is 2. The highest BCUT2D eigenvalue weighted by Crippen LogP contribution is 2.52. The number of benzene rings is 2. The molecule has 2 aromatic heterocycles. The van der Waals surface area contributed by atoms with Crippen LogP contribution in [0.5, 0.6) is 0 Å². The van der Waals surface area contributed by atoms with E-state index in [2.05, 4.69) is 168 Å². The SMILES string of the molecule is CCOC(=O)c1ccc([C@@H](O)c2c(C(C)C)nc3c(c2I)[C@@H](O[Si](C)(C)C(C)(C)C)CC(C)(C)C3)cc1.CCOC(=O)c1ccc([C@H](O)c2c(C(C)C)nc3c(c2I)[C@@H](O[Si](C)(C)C(C)(C)C)CC(C)(C)C3)cc1. The predicted octanol–water partition coefficient (Wildman–Crippen LogP) is 16.2. The summed E-state index contributed by atoms with van der Waals surface area (Å²) in [4.78, 5) is 34.7. The normalized spacial score (nSPS) is 18.5. The van der Waals surface area contributed by atoms with Crippen molar-refractivity contribution < 1.29 is 38.1 Å². The Bertz CT molecular complexity index is 2450. The molecule has 0 radical (unpaired) electrons. The third kappa shape index (κ3) is 14.2. The zero-order valence-electron chi connectivity index (χ0n) is 48.3. The number of esters is 2. The van der Waals surface area contributed by atoms with Gasteiger partial charge in [-0.3, -0.25) is 9.97 Å². The van der Waals surface area contributed by atoms with Gasteiger partial charge >= 0.3 is 11.9 Å². The third-order valence-corrected chi connectivity index (χ3v) is 26.9. The molecule has 4 aromatic rings. The van der Waals surface area contributed by atoms with Crippen molar-refractivity contribution in [2.24, 2.45) is 10.8 Å². The monoisotopic (exact) mass is 1270 g/mol. The lowest BCUT2D eigenvalue weighted by atomic mass is 9.74. The summed E-state index contributed by atoms with van der Waals surface area (Å²) in [6.45, 7) is 44.8. The fourth-order valence-corrected chi connectivity index (χ4v) is 14.5. The molecule has 0 saturated carbocycles. The molecule has 0 fully saturated rings. The number of aromatic nitrogens is 2. The molecule has 4 atom stereocenters. The summed E-state index contributed by atoms with van der Waals surface area (Å²) in [5, 5.41) is 23.6. The van der Waals surface area contributed by atoms with Crippen molar-refractivity contribution in [3.8, 4) is 0 Å². The molecular weight excluding hydrogens is 1190 g/mol. The summed E-state index contributed by atoms with van der Waals surface area (Å²) in [6, 6.07) is 14.1. The zero-order chi connectivity index (χ0) is 55.8. The van der Waals surface area contributed by atoms with E-state index < -0.39 is 28.8 Å². The summed E-state index contributed by atoms with van der Waals surface area (Å²) >= 11 is 4.83. The molecule has 0 unspecified atom stereocenters. The Morgan fingerprint density at radius 1 is 0.608 bits per heavy atom. The van der Waals surface area contributed by atoms with Crippen molar-refractivity contribution in [1.29, 1.82) is 0 Å². The molecule has 2 aliphatic rings. The number of carbonyl (C=O) groups is 2. The van der Waals surface area contributed by atoms with E-state index in [-0.39, 0.29) is 56.9 Å². The van der Waals surface area contributed by atoms with Gasteiger partial charge in [0.15, 0.2) is 16.6 Å². The summed E-state index contributed by atoms with van der Waals surface area (Å²) in [5.41, 5.74) is 10.6. The highest BCUT2D eigenvalue weighted by Gasteiger charge is 2.46. The van der Waals surface area contributed by atoms with Crippen LogP contribution < -0.4 is 0 Å². The lowest BCUT2D eigenvalue weighted by Gasteiger charge is -2.44. The molecule has 2 heterocycles. The topological polar surface area (TPSA) is 137 Å². The molecule has 0 bridgehead atoms. The molecule has 0 amide bonds. The Morgan fingerprint density at radius 2 is 0.905 bits per heavy atom. The Morgan fingerprint density at radius 3 is 1.16 bits per heavy atom. The molecule has 74 heavy (non-hydrogen) atoms. The van der Waals surface area contributed by atoms with E-state index >= 15 is 0 Å². The Balaban J connectivity index is 0.000000274. The smallest absolute Gasteiger partial charge is 0.338 e. The number of carbonyl (C=O) groups excluding carboxylic acids is 2. The first-order chi connectivity index (χ1) is 34.0. The van der Waals surface area contributed by atoms with Gasteiger partial charge in [-0.15, -0.1) is 0 Å². The maximum Gasteiger partial charge on any atom is 0.338 e. The van der Waals surface area contributed by atoms with Crippen molar-refractivity contribution >= 4 is 73.8 Å². The standard InChI is InChI=1S/2C30H44INO4Si/c2*1-11-35-28(34)20-14-12-19(13-15-20)27(33)24-25(31)23-21(32-26(24)18(2)3)16-30(7,8)17-22(23)36-37(9,10)29(4,5)6/h2*12-15,18,22,27,33H,11,16-17H2,1-10H3/t22-,27+;22-,27-/m00/s1. The number of aliphatic hydroxyl groups excluding tert-OH is 2. The van der Waals surface area contributed by atoms with Crippen molar-refractivity contribution in [2.75, 3.05) is 13.2 Å². The van der Waals surface area contributed by atoms with Crippen molar-refractivity contribution in [2.45, 2.75) is 209 Å². The third-order valence-electron chi connectivity index (χ3n) is 15.6. The second-order valence-electron chi connectivity index (χ2n) is 25.8. The maximum absolute atomic E-state index is 12.1. The van der Waals surface area contributed by atoms with Gasteiger partial charge in [0.05, 0.1) is 47.9 Å². The predicted molar refractivity (Wildman–Crippen MR) is 321 cm³/mol. The first-order valence-electron chi connectivity index (χ1n) is 26.7. The van der Waals surface area contributed by atoms with Crippen LogP contribution in [0, 0.1) is 18.0 Å². The molecule has 0 saturated heterocycles. The van der Waals surface area contributed by atoms with Crippen LogP contribution in [-0.2, 0) is 31.2 Å². The van der Waals surface area contributed by atoms with Gasteiger partial charge in [0, 0.05) is 40.8 Å². The van der Waals surface area contributed by atoms with Crippen molar-refractivity contribution in [3.63, 3.8) is 0 Å². The van der Waals surface area contributed by atoms with E-state index in [9.17, 15) is 19.8 Å². The molecule has 2 aliphatic carbocycles. The van der Waals surface area contributed by atoms with Crippen LogP contribution >= 0.6 is 45.2 Å². The van der Waals surface area contributed by atoms with E-state index in [1.54, 1.807) is 38.1 Å². The lowest BCUT2D eigenvalue weighted by Crippen LogP contribution is -2.44. The van der Waals surface area contributed by atoms with Crippen molar-refractivity contribution in [1.82, 2.24) is 9.97 Å². The van der Waals surface area contributed by atoms with Crippen LogP contribution in [0.1, 0.15) is 237 Å². The molecule has 0 aliphatic heterocycles. The number of ether oxygens (including phenoxy) is 2. The highest BCUT2D eigenvalue weighted by atomic mass is 127. The summed E-state index contributed by atoms with van der Waals surface area (Å²) in [5.74, 6) is -0.423. The second kappa shape index (κ2) is 23.8. The minimum absolute atomic E-state index is 0.0580. The van der Waals surface area contributed by atoms with E-state index in [0.29, 0.717) is 24.3 Å². The van der Waals surface area contributed by atoms with Crippen LogP contribution in [0.2, 0.25) is 36.3 Å². The van der Waals surface area contributed by atoms with Gasteiger partial charge in [-0.05, 0) is 179 Å². The first-order valence-corrected chi connectivity index (χ1v) is 34.6. The van der Waals surface area contributed by atoms with Gasteiger partial charge < -0.3 is 28.5 Å². The average Bonchev–Trinajstić information content (AvgIpc) is 3.26. The van der Waals surface area contributed by atoms with Crippen molar-refractivity contribution in [3.05, 3.63) is 123 Å².